The normalized spacial score (nSPS) is 21.4. The van der Waals surface area contributed by atoms with Crippen LogP contribution in [0.3, 0.4) is 0 Å². The van der Waals surface area contributed by atoms with Crippen LogP contribution < -0.4 is 14.8 Å². The van der Waals surface area contributed by atoms with Crippen molar-refractivity contribution in [3.05, 3.63) is 23.8 Å². The summed E-state index contributed by atoms with van der Waals surface area (Å²) in [4.78, 5) is 0. The highest BCUT2D eigenvalue weighted by molar-refractivity contribution is 5.42. The molecular formula is C14H21NO3. The van der Waals surface area contributed by atoms with Crippen LogP contribution in [-0.4, -0.2) is 32.4 Å². The average Bonchev–Trinajstić information content (AvgIpc) is 2.46. The highest BCUT2D eigenvalue weighted by Crippen LogP contribution is 2.35. The lowest BCUT2D eigenvalue weighted by Crippen LogP contribution is -2.33. The van der Waals surface area contributed by atoms with Crippen molar-refractivity contribution in [2.45, 2.75) is 18.9 Å². The number of nitrogens with one attached hydrogen (secondary N) is 1. The molecule has 0 aromatic heterocycles. The molecule has 0 bridgehead atoms. The average molecular weight is 251 g/mol. The summed E-state index contributed by atoms with van der Waals surface area (Å²) in [7, 11) is 3.25. The molecule has 0 radical (unpaired) electrons. The zero-order valence-corrected chi connectivity index (χ0v) is 11.0. The van der Waals surface area contributed by atoms with Crippen LogP contribution >= 0.6 is 0 Å². The van der Waals surface area contributed by atoms with Gasteiger partial charge in [-0.25, -0.2) is 0 Å². The quantitative estimate of drug-likeness (QED) is 0.856. The molecule has 1 aliphatic heterocycles. The van der Waals surface area contributed by atoms with E-state index in [0.29, 0.717) is 5.75 Å². The predicted molar refractivity (Wildman–Crippen MR) is 70.1 cm³/mol. The van der Waals surface area contributed by atoms with Gasteiger partial charge in [-0.05, 0) is 37.6 Å². The summed E-state index contributed by atoms with van der Waals surface area (Å²) >= 11 is 0. The molecule has 1 saturated heterocycles. The van der Waals surface area contributed by atoms with Gasteiger partial charge in [0, 0.05) is 18.0 Å². The van der Waals surface area contributed by atoms with E-state index in [4.69, 9.17) is 9.47 Å². The molecule has 2 rings (SSSR count). The molecule has 100 valence electrons. The smallest absolute Gasteiger partial charge is 0.124 e. The van der Waals surface area contributed by atoms with Gasteiger partial charge >= 0.3 is 0 Å². The van der Waals surface area contributed by atoms with E-state index in [-0.39, 0.29) is 5.92 Å². The molecule has 2 N–H and O–H groups in total. The van der Waals surface area contributed by atoms with Crippen molar-refractivity contribution >= 4 is 0 Å². The van der Waals surface area contributed by atoms with E-state index < -0.39 is 6.10 Å². The Hall–Kier alpha value is -1.26. The second-order valence-corrected chi connectivity index (χ2v) is 4.66. The predicted octanol–water partition coefficient (Wildman–Crippen LogP) is 1.74. The summed E-state index contributed by atoms with van der Waals surface area (Å²) in [6.45, 7) is 1.89. The van der Waals surface area contributed by atoms with Gasteiger partial charge in [0.25, 0.3) is 0 Å². The molecule has 0 aliphatic carbocycles. The lowest BCUT2D eigenvalue weighted by atomic mass is 9.89. The first-order valence-corrected chi connectivity index (χ1v) is 6.37. The maximum atomic E-state index is 10.5. The van der Waals surface area contributed by atoms with Gasteiger partial charge in [0.2, 0.25) is 0 Å². The van der Waals surface area contributed by atoms with Crippen molar-refractivity contribution in [1.29, 1.82) is 0 Å². The van der Waals surface area contributed by atoms with Crippen LogP contribution in [0.2, 0.25) is 0 Å². The summed E-state index contributed by atoms with van der Waals surface area (Å²) in [5.41, 5.74) is 0.811. The molecule has 1 aromatic carbocycles. The summed E-state index contributed by atoms with van der Waals surface area (Å²) in [5.74, 6) is 1.70. The Balaban J connectivity index is 2.23. The third kappa shape index (κ3) is 2.76. The van der Waals surface area contributed by atoms with E-state index in [2.05, 4.69) is 5.32 Å². The monoisotopic (exact) mass is 251 g/mol. The number of aliphatic hydroxyl groups is 1. The zero-order chi connectivity index (χ0) is 13.0. The lowest BCUT2D eigenvalue weighted by Gasteiger charge is -2.28. The van der Waals surface area contributed by atoms with Crippen molar-refractivity contribution in [3.8, 4) is 11.5 Å². The first-order chi connectivity index (χ1) is 8.76. The maximum Gasteiger partial charge on any atom is 0.124 e. The molecule has 1 fully saturated rings. The number of piperidine rings is 1. The second kappa shape index (κ2) is 6.07. The van der Waals surface area contributed by atoms with Crippen LogP contribution in [0.4, 0.5) is 0 Å². The van der Waals surface area contributed by atoms with Crippen LogP contribution in [0.25, 0.3) is 0 Å². The van der Waals surface area contributed by atoms with Gasteiger partial charge in [0.05, 0.1) is 20.3 Å². The van der Waals surface area contributed by atoms with E-state index in [0.717, 1.165) is 37.2 Å². The van der Waals surface area contributed by atoms with Crippen molar-refractivity contribution in [3.63, 3.8) is 0 Å². The van der Waals surface area contributed by atoms with Crippen LogP contribution in [0.15, 0.2) is 18.2 Å². The number of hydrogen-bond acceptors (Lipinski definition) is 4. The van der Waals surface area contributed by atoms with Crippen LogP contribution in [0, 0.1) is 5.92 Å². The minimum Gasteiger partial charge on any atom is -0.497 e. The summed E-state index contributed by atoms with van der Waals surface area (Å²) in [5, 5.41) is 13.8. The number of aliphatic hydroxyl groups excluding tert-OH is 1. The molecule has 2 atom stereocenters. The fourth-order valence-corrected chi connectivity index (χ4v) is 2.47. The van der Waals surface area contributed by atoms with Crippen molar-refractivity contribution in [1.82, 2.24) is 5.32 Å². The first-order valence-electron chi connectivity index (χ1n) is 6.37. The van der Waals surface area contributed by atoms with Gasteiger partial charge < -0.3 is 19.9 Å². The van der Waals surface area contributed by atoms with Gasteiger partial charge in [0.15, 0.2) is 0 Å². The summed E-state index contributed by atoms with van der Waals surface area (Å²) in [6.07, 6.45) is 1.63. The van der Waals surface area contributed by atoms with Gasteiger partial charge in [-0.2, -0.15) is 0 Å². The van der Waals surface area contributed by atoms with Gasteiger partial charge in [-0.3, -0.25) is 0 Å². The Morgan fingerprint density at radius 1 is 1.33 bits per heavy atom. The third-order valence-electron chi connectivity index (χ3n) is 3.54. The maximum absolute atomic E-state index is 10.5. The van der Waals surface area contributed by atoms with E-state index in [1.807, 2.05) is 18.2 Å². The Bertz CT molecular complexity index is 389. The van der Waals surface area contributed by atoms with Crippen molar-refractivity contribution in [2.24, 2.45) is 5.92 Å². The number of benzene rings is 1. The van der Waals surface area contributed by atoms with E-state index in [1.54, 1.807) is 14.2 Å². The molecule has 1 aliphatic rings. The molecule has 0 saturated carbocycles. The number of methoxy groups -OCH3 is 2. The zero-order valence-electron chi connectivity index (χ0n) is 11.0. The SMILES string of the molecule is COc1ccc(OC)c(C(O)C2CCCNC2)c1. The molecule has 18 heavy (non-hydrogen) atoms. The number of hydrogen-bond donors (Lipinski definition) is 2. The minimum atomic E-state index is -0.511. The molecular weight excluding hydrogens is 230 g/mol. The molecule has 2 unspecified atom stereocenters. The Kier molecular flexibility index (Phi) is 4.44. The number of rotatable bonds is 4. The minimum absolute atomic E-state index is 0.236. The molecule has 0 spiro atoms. The van der Waals surface area contributed by atoms with Gasteiger partial charge in [0.1, 0.15) is 11.5 Å². The molecule has 1 aromatic rings. The van der Waals surface area contributed by atoms with Gasteiger partial charge in [-0.1, -0.05) is 0 Å². The third-order valence-corrected chi connectivity index (χ3v) is 3.54. The largest absolute Gasteiger partial charge is 0.497 e. The van der Waals surface area contributed by atoms with Crippen LogP contribution in [0.5, 0.6) is 11.5 Å². The lowest BCUT2D eigenvalue weighted by molar-refractivity contribution is 0.0894. The highest BCUT2D eigenvalue weighted by atomic mass is 16.5. The Morgan fingerprint density at radius 3 is 2.78 bits per heavy atom. The highest BCUT2D eigenvalue weighted by Gasteiger charge is 2.25. The van der Waals surface area contributed by atoms with Crippen molar-refractivity contribution in [2.75, 3.05) is 27.3 Å². The van der Waals surface area contributed by atoms with Crippen LogP contribution in [0.1, 0.15) is 24.5 Å². The van der Waals surface area contributed by atoms with E-state index in [1.165, 1.54) is 0 Å². The molecule has 4 nitrogen and oxygen atoms in total. The fraction of sp³-hybridized carbons (Fsp3) is 0.571. The molecule has 1 heterocycles. The summed E-state index contributed by atoms with van der Waals surface area (Å²) < 4.78 is 10.5. The van der Waals surface area contributed by atoms with E-state index in [9.17, 15) is 5.11 Å². The first kappa shape index (κ1) is 13.2. The van der Waals surface area contributed by atoms with Crippen LogP contribution in [-0.2, 0) is 0 Å². The van der Waals surface area contributed by atoms with E-state index >= 15 is 0 Å². The fourth-order valence-electron chi connectivity index (χ4n) is 2.47. The molecule has 0 amide bonds. The Morgan fingerprint density at radius 2 is 2.17 bits per heavy atom. The topological polar surface area (TPSA) is 50.7 Å². The number of ether oxygens (including phenoxy) is 2. The van der Waals surface area contributed by atoms with Crippen molar-refractivity contribution < 1.29 is 14.6 Å². The summed E-state index contributed by atoms with van der Waals surface area (Å²) in [6, 6.07) is 5.54. The molecule has 4 heteroatoms. The standard InChI is InChI=1S/C14H21NO3/c1-17-11-5-6-13(18-2)12(8-11)14(16)10-4-3-7-15-9-10/h5-6,8,10,14-16H,3-4,7,9H2,1-2H3. The second-order valence-electron chi connectivity index (χ2n) is 4.66. The van der Waals surface area contributed by atoms with Gasteiger partial charge in [-0.15, -0.1) is 0 Å². The Labute approximate surface area is 108 Å².